The second-order valence-corrected chi connectivity index (χ2v) is 4.65. The third-order valence-corrected chi connectivity index (χ3v) is 3.20. The molecule has 1 heterocycles. The third kappa shape index (κ3) is 3.54. The predicted octanol–water partition coefficient (Wildman–Crippen LogP) is 1.34. The van der Waals surface area contributed by atoms with Crippen LogP contribution in [0.5, 0.6) is 0 Å². The van der Waals surface area contributed by atoms with Crippen molar-refractivity contribution >= 4 is 16.9 Å². The molecule has 1 amide bonds. The average molecular weight is 261 g/mol. The number of aliphatic hydroxyl groups excluding tert-OH is 1. The Hall–Kier alpha value is -1.88. The van der Waals surface area contributed by atoms with E-state index in [1.165, 1.54) is 5.56 Å². The normalized spacial score (nSPS) is 10.8. The smallest absolute Gasteiger partial charge is 0.222 e. The van der Waals surface area contributed by atoms with Crippen molar-refractivity contribution in [2.24, 2.45) is 0 Å². The van der Waals surface area contributed by atoms with E-state index in [4.69, 9.17) is 5.11 Å². The molecule has 2 N–H and O–H groups in total. The molecule has 0 saturated carbocycles. The molecule has 5 nitrogen and oxygen atoms in total. The Morgan fingerprint density at radius 3 is 3.11 bits per heavy atom. The van der Waals surface area contributed by atoms with Gasteiger partial charge in [0.1, 0.15) is 0 Å². The van der Waals surface area contributed by atoms with Gasteiger partial charge in [-0.1, -0.05) is 6.07 Å². The predicted molar refractivity (Wildman–Crippen MR) is 73.8 cm³/mol. The van der Waals surface area contributed by atoms with Crippen LogP contribution in [-0.2, 0) is 11.2 Å². The summed E-state index contributed by atoms with van der Waals surface area (Å²) in [5.41, 5.74) is 3.15. The van der Waals surface area contributed by atoms with Gasteiger partial charge in [0.15, 0.2) is 0 Å². The minimum atomic E-state index is 0.0655. The van der Waals surface area contributed by atoms with Crippen LogP contribution in [0.1, 0.15) is 18.4 Å². The highest BCUT2D eigenvalue weighted by atomic mass is 16.3. The van der Waals surface area contributed by atoms with E-state index in [9.17, 15) is 4.79 Å². The van der Waals surface area contributed by atoms with Crippen molar-refractivity contribution in [2.75, 3.05) is 20.2 Å². The summed E-state index contributed by atoms with van der Waals surface area (Å²) < 4.78 is 0. The number of nitrogens with one attached hydrogen (secondary N) is 1. The molecule has 1 aromatic heterocycles. The number of carbonyl (C=O) groups is 1. The number of fused-ring (bicyclic) bond motifs is 1. The lowest BCUT2D eigenvalue weighted by Gasteiger charge is -2.16. The van der Waals surface area contributed by atoms with Crippen LogP contribution >= 0.6 is 0 Å². The maximum absolute atomic E-state index is 11.7. The molecule has 0 unspecified atom stereocenters. The summed E-state index contributed by atoms with van der Waals surface area (Å²) in [6.45, 7) is 0.750. The average Bonchev–Trinajstić information content (AvgIpc) is 2.89. The summed E-state index contributed by atoms with van der Waals surface area (Å²) >= 11 is 0. The van der Waals surface area contributed by atoms with E-state index in [-0.39, 0.29) is 12.5 Å². The van der Waals surface area contributed by atoms with Crippen LogP contribution in [0.25, 0.3) is 11.0 Å². The molecule has 0 saturated heterocycles. The lowest BCUT2D eigenvalue weighted by molar-refractivity contribution is -0.130. The SMILES string of the molecule is CN(CCc1ccc2nc[nH]c2c1)C(=O)CCCO. The molecule has 0 fully saturated rings. The summed E-state index contributed by atoms with van der Waals surface area (Å²) in [6.07, 6.45) is 3.44. The highest BCUT2D eigenvalue weighted by Gasteiger charge is 2.08. The Morgan fingerprint density at radius 2 is 2.32 bits per heavy atom. The zero-order valence-corrected chi connectivity index (χ0v) is 11.1. The fourth-order valence-electron chi connectivity index (χ4n) is 1.98. The Bertz CT molecular complexity index is 550. The molecule has 0 aliphatic heterocycles. The topological polar surface area (TPSA) is 69.2 Å². The van der Waals surface area contributed by atoms with Gasteiger partial charge in [-0.15, -0.1) is 0 Å². The molecule has 0 radical (unpaired) electrons. The molecular weight excluding hydrogens is 242 g/mol. The van der Waals surface area contributed by atoms with Crippen molar-refractivity contribution in [3.63, 3.8) is 0 Å². The van der Waals surface area contributed by atoms with Crippen LogP contribution in [-0.4, -0.2) is 46.1 Å². The lowest BCUT2D eigenvalue weighted by atomic mass is 10.1. The Kier molecular flexibility index (Phi) is 4.52. The number of aromatic amines is 1. The molecule has 1 aromatic carbocycles. The zero-order valence-electron chi connectivity index (χ0n) is 11.1. The number of hydrogen-bond acceptors (Lipinski definition) is 3. The molecule has 102 valence electrons. The fourth-order valence-corrected chi connectivity index (χ4v) is 1.98. The number of H-pyrrole nitrogens is 1. The highest BCUT2D eigenvalue weighted by molar-refractivity contribution is 5.76. The van der Waals surface area contributed by atoms with E-state index in [1.54, 1.807) is 18.3 Å². The Labute approximate surface area is 112 Å². The monoisotopic (exact) mass is 261 g/mol. The first-order valence-electron chi connectivity index (χ1n) is 6.47. The summed E-state index contributed by atoms with van der Waals surface area (Å²) in [4.78, 5) is 20.7. The number of amides is 1. The minimum Gasteiger partial charge on any atom is -0.396 e. The summed E-state index contributed by atoms with van der Waals surface area (Å²) in [5.74, 6) is 0.0802. The first-order valence-corrected chi connectivity index (χ1v) is 6.47. The van der Waals surface area contributed by atoms with E-state index in [0.717, 1.165) is 17.5 Å². The van der Waals surface area contributed by atoms with E-state index in [0.29, 0.717) is 19.4 Å². The molecule has 0 atom stereocenters. The molecule has 0 aliphatic carbocycles. The highest BCUT2D eigenvalue weighted by Crippen LogP contribution is 2.12. The van der Waals surface area contributed by atoms with Gasteiger partial charge in [0.2, 0.25) is 5.91 Å². The number of aliphatic hydroxyl groups is 1. The van der Waals surface area contributed by atoms with Crippen molar-refractivity contribution in [3.8, 4) is 0 Å². The number of hydrogen-bond donors (Lipinski definition) is 2. The number of carbonyl (C=O) groups excluding carboxylic acids is 1. The van der Waals surface area contributed by atoms with Gasteiger partial charge in [-0.25, -0.2) is 4.98 Å². The van der Waals surface area contributed by atoms with Gasteiger partial charge in [0, 0.05) is 26.6 Å². The van der Waals surface area contributed by atoms with Gasteiger partial charge in [0.05, 0.1) is 17.4 Å². The molecule has 0 aliphatic rings. The summed E-state index contributed by atoms with van der Waals surface area (Å²) in [6, 6.07) is 6.08. The van der Waals surface area contributed by atoms with Crippen LogP contribution in [0.3, 0.4) is 0 Å². The van der Waals surface area contributed by atoms with Crippen LogP contribution in [0.15, 0.2) is 24.5 Å². The molecule has 5 heteroatoms. The quantitative estimate of drug-likeness (QED) is 0.824. The van der Waals surface area contributed by atoms with Crippen molar-refractivity contribution in [1.82, 2.24) is 14.9 Å². The van der Waals surface area contributed by atoms with Crippen molar-refractivity contribution in [2.45, 2.75) is 19.3 Å². The van der Waals surface area contributed by atoms with E-state index < -0.39 is 0 Å². The van der Waals surface area contributed by atoms with Crippen LogP contribution < -0.4 is 0 Å². The zero-order chi connectivity index (χ0) is 13.7. The number of benzene rings is 1. The Morgan fingerprint density at radius 1 is 1.47 bits per heavy atom. The fraction of sp³-hybridized carbons (Fsp3) is 0.429. The van der Waals surface area contributed by atoms with Crippen molar-refractivity contribution in [3.05, 3.63) is 30.1 Å². The first kappa shape index (κ1) is 13.5. The summed E-state index contributed by atoms with van der Waals surface area (Å²) in [5, 5.41) is 8.70. The van der Waals surface area contributed by atoms with E-state index in [2.05, 4.69) is 16.0 Å². The van der Waals surface area contributed by atoms with Crippen molar-refractivity contribution in [1.29, 1.82) is 0 Å². The second-order valence-electron chi connectivity index (χ2n) is 4.65. The van der Waals surface area contributed by atoms with Gasteiger partial charge >= 0.3 is 0 Å². The number of rotatable bonds is 6. The second kappa shape index (κ2) is 6.33. The molecule has 0 bridgehead atoms. The van der Waals surface area contributed by atoms with Gasteiger partial charge in [0.25, 0.3) is 0 Å². The van der Waals surface area contributed by atoms with Gasteiger partial charge in [-0.2, -0.15) is 0 Å². The van der Waals surface area contributed by atoms with Crippen LogP contribution in [0, 0.1) is 0 Å². The van der Waals surface area contributed by atoms with Crippen LogP contribution in [0.2, 0.25) is 0 Å². The first-order chi connectivity index (χ1) is 9.20. The molecule has 2 rings (SSSR count). The number of likely N-dealkylation sites (N-methyl/N-ethyl adjacent to an activating group) is 1. The number of imidazole rings is 1. The van der Waals surface area contributed by atoms with E-state index >= 15 is 0 Å². The molecule has 2 aromatic rings. The largest absolute Gasteiger partial charge is 0.396 e. The number of aromatic nitrogens is 2. The van der Waals surface area contributed by atoms with Crippen LogP contribution in [0.4, 0.5) is 0 Å². The van der Waals surface area contributed by atoms with Gasteiger partial charge in [-0.3, -0.25) is 4.79 Å². The standard InChI is InChI=1S/C14H19N3O2/c1-17(14(19)3-2-8-18)7-6-11-4-5-12-13(9-11)16-10-15-12/h4-5,9-10,18H,2-3,6-8H2,1H3,(H,15,16). The minimum absolute atomic E-state index is 0.0655. The molecule has 0 spiro atoms. The van der Waals surface area contributed by atoms with Crippen molar-refractivity contribution < 1.29 is 9.90 Å². The van der Waals surface area contributed by atoms with Gasteiger partial charge < -0.3 is 15.0 Å². The third-order valence-electron chi connectivity index (χ3n) is 3.20. The molecular formula is C14H19N3O2. The maximum atomic E-state index is 11.7. The maximum Gasteiger partial charge on any atom is 0.222 e. The molecule has 19 heavy (non-hydrogen) atoms. The Balaban J connectivity index is 1.88. The summed E-state index contributed by atoms with van der Waals surface area (Å²) in [7, 11) is 1.80. The lowest BCUT2D eigenvalue weighted by Crippen LogP contribution is -2.28. The number of nitrogens with zero attached hydrogens (tertiary/aromatic N) is 2. The van der Waals surface area contributed by atoms with E-state index in [1.807, 2.05) is 12.1 Å². The van der Waals surface area contributed by atoms with Gasteiger partial charge in [-0.05, 0) is 30.5 Å².